The van der Waals surface area contributed by atoms with Crippen molar-refractivity contribution in [2.24, 2.45) is 0 Å². The summed E-state index contributed by atoms with van der Waals surface area (Å²) in [5, 5.41) is 2.67. The lowest BCUT2D eigenvalue weighted by Crippen LogP contribution is -1.82. The maximum atomic E-state index is 2.28. The molecule has 33 heavy (non-hydrogen) atoms. The SMILES string of the molecule is CC1=CC2=CC(C)=CC2=C1.CC1=Cc2cc(C)ccc2C1.Cc1ccc2cc(C)ccc2c1. The van der Waals surface area contributed by atoms with E-state index in [1.54, 1.807) is 0 Å². The zero-order valence-corrected chi connectivity index (χ0v) is 20.8. The van der Waals surface area contributed by atoms with Crippen LogP contribution < -0.4 is 0 Å². The summed E-state index contributed by atoms with van der Waals surface area (Å²) in [5.41, 5.74) is 13.9. The Morgan fingerprint density at radius 3 is 1.52 bits per heavy atom. The van der Waals surface area contributed by atoms with Crippen molar-refractivity contribution in [2.75, 3.05) is 0 Å². The van der Waals surface area contributed by atoms with Gasteiger partial charge in [0.05, 0.1) is 0 Å². The van der Waals surface area contributed by atoms with Crippen molar-refractivity contribution in [3.8, 4) is 0 Å². The fraction of sp³-hybridized carbons (Fsp3) is 0.212. The molecule has 0 bridgehead atoms. The second-order valence-corrected chi connectivity index (χ2v) is 9.70. The molecule has 3 aromatic carbocycles. The van der Waals surface area contributed by atoms with Gasteiger partial charge in [-0.2, -0.15) is 0 Å². The summed E-state index contributed by atoms with van der Waals surface area (Å²) in [6.07, 6.45) is 12.3. The lowest BCUT2D eigenvalue weighted by Gasteiger charge is -1.99. The summed E-state index contributed by atoms with van der Waals surface area (Å²) in [7, 11) is 0. The highest BCUT2D eigenvalue weighted by atomic mass is 14.2. The predicted molar refractivity (Wildman–Crippen MR) is 146 cm³/mol. The summed E-state index contributed by atoms with van der Waals surface area (Å²) in [6, 6.07) is 19.8. The molecule has 166 valence electrons. The van der Waals surface area contributed by atoms with Gasteiger partial charge in [-0.25, -0.2) is 0 Å². The molecule has 0 nitrogen and oxygen atoms in total. The topological polar surface area (TPSA) is 0 Å². The molecule has 0 unspecified atom stereocenters. The minimum Gasteiger partial charge on any atom is -0.0683 e. The molecule has 0 atom stereocenters. The van der Waals surface area contributed by atoms with Crippen LogP contribution in [0.3, 0.4) is 0 Å². The van der Waals surface area contributed by atoms with Crippen LogP contribution in [-0.4, -0.2) is 0 Å². The van der Waals surface area contributed by atoms with Crippen molar-refractivity contribution >= 4 is 16.8 Å². The van der Waals surface area contributed by atoms with Crippen LogP contribution in [-0.2, 0) is 6.42 Å². The summed E-state index contributed by atoms with van der Waals surface area (Å²) >= 11 is 0. The summed E-state index contributed by atoms with van der Waals surface area (Å²) in [5.74, 6) is 0. The van der Waals surface area contributed by atoms with Crippen LogP contribution in [0, 0.1) is 20.8 Å². The fourth-order valence-corrected chi connectivity index (χ4v) is 4.59. The van der Waals surface area contributed by atoms with Crippen LogP contribution in [0.15, 0.2) is 107 Å². The van der Waals surface area contributed by atoms with Crippen LogP contribution in [0.2, 0.25) is 0 Å². The number of hydrogen-bond acceptors (Lipinski definition) is 0. The Balaban J connectivity index is 0.000000118. The first-order chi connectivity index (χ1) is 15.8. The minimum atomic E-state index is 1.15. The Morgan fingerprint density at radius 1 is 0.485 bits per heavy atom. The molecule has 0 heterocycles. The van der Waals surface area contributed by atoms with Gasteiger partial charge in [-0.05, 0) is 92.2 Å². The third kappa shape index (κ3) is 5.71. The highest BCUT2D eigenvalue weighted by Crippen LogP contribution is 2.31. The van der Waals surface area contributed by atoms with Crippen LogP contribution in [0.5, 0.6) is 0 Å². The zero-order valence-electron chi connectivity index (χ0n) is 20.8. The van der Waals surface area contributed by atoms with Crippen molar-refractivity contribution in [3.05, 3.63) is 135 Å². The van der Waals surface area contributed by atoms with E-state index in [1.807, 2.05) is 0 Å². The predicted octanol–water partition coefficient (Wildman–Crippen LogP) is 9.17. The Kier molecular flexibility index (Phi) is 6.65. The molecule has 0 saturated carbocycles. The van der Waals surface area contributed by atoms with E-state index in [4.69, 9.17) is 0 Å². The van der Waals surface area contributed by atoms with E-state index in [2.05, 4.69) is 127 Å². The Bertz CT molecular complexity index is 1290. The van der Waals surface area contributed by atoms with Gasteiger partial charge in [0.25, 0.3) is 0 Å². The molecule has 3 aliphatic rings. The van der Waals surface area contributed by atoms with E-state index in [-0.39, 0.29) is 0 Å². The van der Waals surface area contributed by atoms with Crippen LogP contribution >= 0.6 is 0 Å². The zero-order chi connectivity index (χ0) is 23.5. The average molecular weight is 431 g/mol. The van der Waals surface area contributed by atoms with Crippen molar-refractivity contribution in [3.63, 3.8) is 0 Å². The molecular formula is C33H34. The Morgan fingerprint density at radius 2 is 0.970 bits per heavy atom. The number of rotatable bonds is 0. The van der Waals surface area contributed by atoms with Crippen molar-refractivity contribution in [2.45, 2.75) is 48.0 Å². The lowest BCUT2D eigenvalue weighted by molar-refractivity contribution is 1.19. The number of aryl methyl sites for hydroxylation is 3. The van der Waals surface area contributed by atoms with E-state index in [1.165, 1.54) is 66.5 Å². The number of benzene rings is 3. The van der Waals surface area contributed by atoms with Gasteiger partial charge in [-0.15, -0.1) is 0 Å². The minimum absolute atomic E-state index is 1.15. The second kappa shape index (κ2) is 9.63. The summed E-state index contributed by atoms with van der Waals surface area (Å²) in [6.45, 7) is 12.8. The molecule has 0 saturated heterocycles. The van der Waals surface area contributed by atoms with Crippen molar-refractivity contribution < 1.29 is 0 Å². The average Bonchev–Trinajstić information content (AvgIpc) is 3.39. The molecule has 0 heteroatoms. The highest BCUT2D eigenvalue weighted by Gasteiger charge is 2.12. The first-order valence-corrected chi connectivity index (χ1v) is 11.8. The van der Waals surface area contributed by atoms with E-state index in [9.17, 15) is 0 Å². The van der Waals surface area contributed by atoms with Gasteiger partial charge in [0.15, 0.2) is 0 Å². The standard InChI is InChI=1S/C12H12.C11H12.C10H10/c1-9-3-5-12-8-10(2)4-6-11(12)7-9;1-8-3-4-10-6-9(2)7-11(10)5-8;1-7-3-9-5-8(2)6-10(9)4-7/h3-8H,1-2H3;3-5,7H,6H2,1-2H3;3-6H,1-2H3. The quantitative estimate of drug-likeness (QED) is 0.333. The Hall–Kier alpha value is -3.38. The molecule has 0 aromatic heterocycles. The summed E-state index contributed by atoms with van der Waals surface area (Å²) < 4.78 is 0. The summed E-state index contributed by atoms with van der Waals surface area (Å²) in [4.78, 5) is 0. The van der Waals surface area contributed by atoms with E-state index in [0.29, 0.717) is 0 Å². The maximum Gasteiger partial charge on any atom is -0.00606 e. The molecule has 0 spiro atoms. The second-order valence-electron chi connectivity index (χ2n) is 9.70. The van der Waals surface area contributed by atoms with Crippen molar-refractivity contribution in [1.29, 1.82) is 0 Å². The first-order valence-electron chi connectivity index (χ1n) is 11.8. The molecule has 0 N–H and O–H groups in total. The van der Waals surface area contributed by atoms with Crippen LogP contribution in [0.25, 0.3) is 16.8 Å². The van der Waals surface area contributed by atoms with Gasteiger partial charge in [-0.3, -0.25) is 0 Å². The largest absolute Gasteiger partial charge is 0.0683 e. The molecule has 0 fully saturated rings. The smallest absolute Gasteiger partial charge is 0.00606 e. The third-order valence-corrected chi connectivity index (χ3v) is 6.19. The fourth-order valence-electron chi connectivity index (χ4n) is 4.59. The number of hydrogen-bond donors (Lipinski definition) is 0. The van der Waals surface area contributed by atoms with Gasteiger partial charge >= 0.3 is 0 Å². The molecule has 0 amide bonds. The highest BCUT2D eigenvalue weighted by molar-refractivity contribution is 5.83. The molecule has 3 aromatic rings. The van der Waals surface area contributed by atoms with Crippen LogP contribution in [0.4, 0.5) is 0 Å². The molecule has 0 radical (unpaired) electrons. The van der Waals surface area contributed by atoms with Gasteiger partial charge < -0.3 is 0 Å². The monoisotopic (exact) mass is 430 g/mol. The van der Waals surface area contributed by atoms with E-state index in [0.717, 1.165) is 6.42 Å². The maximum absolute atomic E-state index is 2.28. The molecule has 0 aliphatic heterocycles. The van der Waals surface area contributed by atoms with E-state index < -0.39 is 0 Å². The van der Waals surface area contributed by atoms with Gasteiger partial charge in [0, 0.05) is 0 Å². The number of allylic oxidation sites excluding steroid dienone is 9. The molecule has 3 aliphatic carbocycles. The number of fused-ring (bicyclic) bond motifs is 3. The Labute approximate surface area is 199 Å². The van der Waals surface area contributed by atoms with Gasteiger partial charge in [0.2, 0.25) is 0 Å². The van der Waals surface area contributed by atoms with Gasteiger partial charge in [-0.1, -0.05) is 107 Å². The van der Waals surface area contributed by atoms with Crippen LogP contribution in [0.1, 0.15) is 48.6 Å². The van der Waals surface area contributed by atoms with E-state index >= 15 is 0 Å². The van der Waals surface area contributed by atoms with Gasteiger partial charge in [0.1, 0.15) is 0 Å². The first kappa shape index (κ1) is 22.8. The normalized spacial score (nSPS) is 15.2. The lowest BCUT2D eigenvalue weighted by atomic mass is 10.1. The van der Waals surface area contributed by atoms with Crippen molar-refractivity contribution in [1.82, 2.24) is 0 Å². The molecular weight excluding hydrogens is 396 g/mol. The third-order valence-electron chi connectivity index (χ3n) is 6.19. The molecule has 6 rings (SSSR count).